The number of carboxylic acid groups (broad SMARTS) is 1. The van der Waals surface area contributed by atoms with Crippen LogP contribution in [0, 0.1) is 0 Å². The van der Waals surface area contributed by atoms with Crippen molar-refractivity contribution in [1.82, 2.24) is 4.72 Å². The van der Waals surface area contributed by atoms with Crippen LogP contribution in [0.15, 0.2) is 0 Å². The number of aliphatic hydroxyl groups is 4. The summed E-state index contributed by atoms with van der Waals surface area (Å²) in [7, 11) is -16.2. The van der Waals surface area contributed by atoms with Crippen molar-refractivity contribution < 1.29 is 91.8 Å². The monoisotopic (exact) mass is 595 g/mol. The van der Waals surface area contributed by atoms with Crippen LogP contribution in [0.5, 0.6) is 0 Å². The van der Waals surface area contributed by atoms with Gasteiger partial charge in [-0.05, 0) is 0 Å². The van der Waals surface area contributed by atoms with Gasteiger partial charge in [-0.15, -0.1) is 0 Å². The molecule has 0 spiro atoms. The summed E-state index contributed by atoms with van der Waals surface area (Å²) in [6.45, 7) is -1.16. The van der Waals surface area contributed by atoms with Crippen molar-refractivity contribution in [2.75, 3.05) is 6.61 Å². The zero-order valence-corrected chi connectivity index (χ0v) is 19.6. The molecule has 0 amide bonds. The SMILES string of the molecule is O=C(O)[C@@H]1OC(O)[C@H](OS(=O)(=O)O)[C@@H](O)[C@@H]1O[C@H]1O[C@H](CO)[C@@H](O)[C@H](OS(=O)(=O)O)[C@H]1NS(=O)(=O)O. The Hall–Kier alpha value is -1.20. The molecule has 0 saturated carbocycles. The number of hydrogen-bond donors (Lipinski definition) is 9. The van der Waals surface area contributed by atoms with Gasteiger partial charge in [0.1, 0.15) is 36.6 Å². The minimum Gasteiger partial charge on any atom is -0.479 e. The maximum absolute atomic E-state index is 11.6. The number of carboxylic acids is 1. The smallest absolute Gasteiger partial charge is 0.397 e. The Morgan fingerprint density at radius 2 is 1.36 bits per heavy atom. The zero-order chi connectivity index (χ0) is 27.8. The summed E-state index contributed by atoms with van der Waals surface area (Å²) in [4.78, 5) is 11.6. The number of aliphatic hydroxyl groups excluding tert-OH is 4. The second kappa shape index (κ2) is 11.3. The molecule has 0 aromatic heterocycles. The van der Waals surface area contributed by atoms with Gasteiger partial charge in [-0.3, -0.25) is 13.7 Å². The Kier molecular flexibility index (Phi) is 9.71. The van der Waals surface area contributed by atoms with E-state index in [-0.39, 0.29) is 0 Å². The van der Waals surface area contributed by atoms with Crippen LogP contribution in [-0.2, 0) is 58.5 Å². The first-order chi connectivity index (χ1) is 16.2. The molecule has 1 unspecified atom stereocenters. The third kappa shape index (κ3) is 8.15. The third-order valence-corrected chi connectivity index (χ3v) is 6.18. The lowest BCUT2D eigenvalue weighted by Crippen LogP contribution is -2.68. The first kappa shape index (κ1) is 31.0. The van der Waals surface area contributed by atoms with Gasteiger partial charge in [0.25, 0.3) is 0 Å². The zero-order valence-electron chi connectivity index (χ0n) is 17.2. The van der Waals surface area contributed by atoms with Gasteiger partial charge >= 0.3 is 37.1 Å². The van der Waals surface area contributed by atoms with Crippen molar-refractivity contribution in [3.63, 3.8) is 0 Å². The predicted molar refractivity (Wildman–Crippen MR) is 102 cm³/mol. The van der Waals surface area contributed by atoms with E-state index in [2.05, 4.69) is 13.1 Å². The number of carbonyl (C=O) groups is 1. The van der Waals surface area contributed by atoms with Gasteiger partial charge in [0.05, 0.1) is 6.61 Å². The molecule has 21 nitrogen and oxygen atoms in total. The fourth-order valence-corrected chi connectivity index (χ4v) is 4.92. The summed E-state index contributed by atoms with van der Waals surface area (Å²) < 4.78 is 119. The minimum absolute atomic E-state index is 1.16. The number of ether oxygens (including phenoxy) is 3. The molecule has 0 bridgehead atoms. The fourth-order valence-electron chi connectivity index (χ4n) is 3.33. The lowest BCUT2D eigenvalue weighted by atomic mass is 9.96. The van der Waals surface area contributed by atoms with Crippen LogP contribution >= 0.6 is 0 Å². The molecule has 212 valence electrons. The van der Waals surface area contributed by atoms with Gasteiger partial charge in [-0.25, -0.2) is 13.2 Å². The topological polar surface area (TPSA) is 340 Å². The fraction of sp³-hybridized carbons (Fsp3) is 0.917. The molecule has 2 aliphatic heterocycles. The summed E-state index contributed by atoms with van der Waals surface area (Å²) in [5.74, 6) is -1.98. The molecule has 2 rings (SSSR count). The van der Waals surface area contributed by atoms with Gasteiger partial charge < -0.3 is 39.7 Å². The minimum atomic E-state index is -5.49. The van der Waals surface area contributed by atoms with Gasteiger partial charge in [0.2, 0.25) is 0 Å². The van der Waals surface area contributed by atoms with Gasteiger partial charge in [-0.2, -0.15) is 30.0 Å². The molecule has 36 heavy (non-hydrogen) atoms. The molecule has 10 atom stereocenters. The Balaban J connectivity index is 2.52. The summed E-state index contributed by atoms with van der Waals surface area (Å²) >= 11 is 0. The van der Waals surface area contributed by atoms with E-state index in [0.717, 1.165) is 0 Å². The van der Waals surface area contributed by atoms with Crippen LogP contribution < -0.4 is 4.72 Å². The van der Waals surface area contributed by atoms with Crippen molar-refractivity contribution >= 4 is 37.1 Å². The first-order valence-electron chi connectivity index (χ1n) is 9.14. The van der Waals surface area contributed by atoms with E-state index in [4.69, 9.17) is 23.1 Å². The van der Waals surface area contributed by atoms with Crippen molar-refractivity contribution in [3.05, 3.63) is 0 Å². The molecular weight excluding hydrogens is 574 g/mol. The van der Waals surface area contributed by atoms with Crippen molar-refractivity contribution in [1.29, 1.82) is 0 Å². The molecule has 0 aromatic carbocycles. The predicted octanol–water partition coefficient (Wildman–Crippen LogP) is -6.25. The van der Waals surface area contributed by atoms with Crippen LogP contribution in [-0.4, -0.2) is 138 Å². The largest absolute Gasteiger partial charge is 0.479 e. The highest BCUT2D eigenvalue weighted by Gasteiger charge is 2.55. The highest BCUT2D eigenvalue weighted by Crippen LogP contribution is 2.32. The van der Waals surface area contributed by atoms with Gasteiger partial charge in [0.15, 0.2) is 24.8 Å². The Bertz CT molecular complexity index is 1110. The molecule has 0 aliphatic carbocycles. The second-order valence-corrected chi connectivity index (χ2v) is 10.5. The summed E-state index contributed by atoms with van der Waals surface area (Å²) in [5.41, 5.74) is 0. The molecule has 0 aromatic rings. The maximum atomic E-state index is 11.6. The standard InChI is InChI=1S/C12H21NO20S3/c14-1-2-4(15)6(32-35(23,24)25)3(13-34(20,21)22)12(29-2)31-7-5(16)8(33-36(26,27)28)11(19)30-9(7)10(17)18/h2-9,11-16,19H,1H2,(H,17,18)(H,20,21,22)(H,23,24,25)(H,26,27,28)/t2-,3-,4-,5+,6-,7+,8-,9-,11?,12-/m1/s1. The number of hydrogen-bond acceptors (Lipinski definition) is 16. The first-order valence-corrected chi connectivity index (χ1v) is 13.3. The van der Waals surface area contributed by atoms with Crippen molar-refractivity contribution in [2.24, 2.45) is 0 Å². The molecule has 0 radical (unpaired) electrons. The number of nitrogens with one attached hydrogen (secondary N) is 1. The second-order valence-electron chi connectivity index (χ2n) is 7.19. The summed E-state index contributed by atoms with van der Waals surface area (Å²) in [6.07, 6.45) is -21.3. The highest BCUT2D eigenvalue weighted by molar-refractivity contribution is 7.83. The van der Waals surface area contributed by atoms with E-state index >= 15 is 0 Å². The van der Waals surface area contributed by atoms with E-state index in [1.807, 2.05) is 0 Å². The molecule has 2 fully saturated rings. The van der Waals surface area contributed by atoms with E-state index < -0.39 is 105 Å². The molecule has 2 heterocycles. The molecule has 2 saturated heterocycles. The quantitative estimate of drug-likeness (QED) is 0.106. The average Bonchev–Trinajstić information content (AvgIpc) is 2.68. The maximum Gasteiger partial charge on any atom is 0.397 e. The molecule has 2 aliphatic rings. The van der Waals surface area contributed by atoms with Gasteiger partial charge in [-0.1, -0.05) is 0 Å². The Morgan fingerprint density at radius 1 is 0.833 bits per heavy atom. The average molecular weight is 595 g/mol. The number of aliphatic carboxylic acids is 1. The van der Waals surface area contributed by atoms with Crippen LogP contribution in [0.2, 0.25) is 0 Å². The Labute approximate surface area is 201 Å². The summed E-state index contributed by atoms with van der Waals surface area (Å²) in [6, 6.07) is -2.39. The van der Waals surface area contributed by atoms with E-state index in [9.17, 15) is 55.6 Å². The molecule has 24 heteroatoms. The molecule has 9 N–H and O–H groups in total. The van der Waals surface area contributed by atoms with Gasteiger partial charge in [0, 0.05) is 0 Å². The third-order valence-electron chi connectivity index (χ3n) is 4.68. The highest BCUT2D eigenvalue weighted by atomic mass is 32.3. The number of rotatable bonds is 10. The lowest BCUT2D eigenvalue weighted by Gasteiger charge is -2.46. The summed E-state index contributed by atoms with van der Waals surface area (Å²) in [5, 5.41) is 49.2. The van der Waals surface area contributed by atoms with Crippen LogP contribution in [0.25, 0.3) is 0 Å². The van der Waals surface area contributed by atoms with Crippen LogP contribution in [0.1, 0.15) is 0 Å². The van der Waals surface area contributed by atoms with E-state index in [1.54, 1.807) is 0 Å². The van der Waals surface area contributed by atoms with Crippen molar-refractivity contribution in [3.8, 4) is 0 Å². The van der Waals surface area contributed by atoms with E-state index in [0.29, 0.717) is 0 Å². The van der Waals surface area contributed by atoms with Crippen LogP contribution in [0.3, 0.4) is 0 Å². The van der Waals surface area contributed by atoms with E-state index in [1.165, 1.54) is 4.72 Å². The normalized spacial score (nSPS) is 38.5. The van der Waals surface area contributed by atoms with Crippen LogP contribution in [0.4, 0.5) is 0 Å². The van der Waals surface area contributed by atoms with Crippen molar-refractivity contribution in [2.45, 2.75) is 61.3 Å². The lowest BCUT2D eigenvalue weighted by molar-refractivity contribution is -0.331. The Morgan fingerprint density at radius 3 is 1.81 bits per heavy atom. The molecular formula is C12H21NO20S3.